The maximum absolute atomic E-state index is 13.5. The molecule has 262 valence electrons. The second-order valence-corrected chi connectivity index (χ2v) is 12.7. The van der Waals surface area contributed by atoms with Gasteiger partial charge in [0.05, 0.1) is 18.0 Å². The van der Waals surface area contributed by atoms with E-state index in [9.17, 15) is 29.1 Å². The highest BCUT2D eigenvalue weighted by molar-refractivity contribution is 7.80. The van der Waals surface area contributed by atoms with E-state index in [1.165, 1.54) is 0 Å². The van der Waals surface area contributed by atoms with Crippen molar-refractivity contribution < 1.29 is 29.1 Å². The number of carbonyl (C=O) groups is 5. The molecular formula is C38H48N4O6S. The molecule has 4 N–H and O–H groups in total. The summed E-state index contributed by atoms with van der Waals surface area (Å²) in [5, 5.41) is 17.8. The molecule has 3 aromatic rings. The Hall–Kier alpha value is -4.64. The van der Waals surface area contributed by atoms with Gasteiger partial charge in [0.15, 0.2) is 0 Å². The first kappa shape index (κ1) is 38.8. The molecule has 0 aliphatic rings. The number of aromatic carboxylic acids is 1. The lowest BCUT2D eigenvalue weighted by molar-refractivity contribution is -0.143. The number of rotatable bonds is 19. The second kappa shape index (κ2) is 20.0. The van der Waals surface area contributed by atoms with E-state index < -0.39 is 12.0 Å². The van der Waals surface area contributed by atoms with E-state index >= 15 is 0 Å². The van der Waals surface area contributed by atoms with E-state index in [1.54, 1.807) is 29.2 Å². The summed E-state index contributed by atoms with van der Waals surface area (Å²) in [7, 11) is 0. The molecule has 0 aliphatic heterocycles. The molecule has 1 unspecified atom stereocenters. The van der Waals surface area contributed by atoms with Gasteiger partial charge in [0, 0.05) is 31.8 Å². The van der Waals surface area contributed by atoms with Gasteiger partial charge < -0.3 is 26.0 Å². The van der Waals surface area contributed by atoms with Crippen LogP contribution in [0.5, 0.6) is 0 Å². The van der Waals surface area contributed by atoms with Gasteiger partial charge in [-0.3, -0.25) is 19.2 Å². The largest absolute Gasteiger partial charge is 0.478 e. The fourth-order valence-corrected chi connectivity index (χ4v) is 5.83. The minimum absolute atomic E-state index is 0.133. The van der Waals surface area contributed by atoms with E-state index in [4.69, 9.17) is 0 Å². The van der Waals surface area contributed by atoms with Gasteiger partial charge in [0.2, 0.25) is 23.6 Å². The highest BCUT2D eigenvalue weighted by Gasteiger charge is 2.32. The fourth-order valence-electron chi connectivity index (χ4n) is 5.53. The number of benzene rings is 3. The lowest BCUT2D eigenvalue weighted by atomic mass is 9.97. The first-order valence-electron chi connectivity index (χ1n) is 16.7. The van der Waals surface area contributed by atoms with Crippen LogP contribution in [0.15, 0.2) is 78.9 Å². The highest BCUT2D eigenvalue weighted by Crippen LogP contribution is 2.25. The number of amides is 4. The first-order valence-corrected chi connectivity index (χ1v) is 17.4. The third kappa shape index (κ3) is 12.1. The average molecular weight is 689 g/mol. The third-order valence-corrected chi connectivity index (χ3v) is 8.60. The standard InChI is InChI=1S/C38H48N4O6S/c1-4-5-15-34(44)42(24-28-16-18-29(19-17-28)31-13-9-10-14-32(31)38(47)48)35(26(2)3)37(46)40-21-20-39-33(43)23-41-36(45)30(25-49)22-27-11-7-6-8-12-27/h6-14,16-19,26,30,35,49H,4-5,15,20-25H2,1-3H3,(H,39,43)(H,40,46)(H,41,45)(H,47,48)/t30-,35?/m1/s1. The molecule has 49 heavy (non-hydrogen) atoms. The van der Waals surface area contributed by atoms with Gasteiger partial charge in [0.25, 0.3) is 0 Å². The Labute approximate surface area is 294 Å². The molecule has 0 spiro atoms. The van der Waals surface area contributed by atoms with Crippen LogP contribution in [0, 0.1) is 11.8 Å². The van der Waals surface area contributed by atoms with Crippen LogP contribution in [0.3, 0.4) is 0 Å². The maximum Gasteiger partial charge on any atom is 0.336 e. The van der Waals surface area contributed by atoms with Crippen molar-refractivity contribution in [3.8, 4) is 11.1 Å². The van der Waals surface area contributed by atoms with Gasteiger partial charge in [-0.2, -0.15) is 12.6 Å². The predicted octanol–water partition coefficient (Wildman–Crippen LogP) is 4.73. The van der Waals surface area contributed by atoms with Crippen LogP contribution in [-0.4, -0.2) is 71.0 Å². The van der Waals surface area contributed by atoms with Crippen molar-refractivity contribution in [2.45, 2.75) is 59.0 Å². The zero-order valence-electron chi connectivity index (χ0n) is 28.5. The number of unbranched alkanes of at least 4 members (excludes halogenated alkanes) is 1. The molecule has 0 bridgehead atoms. The third-order valence-electron chi connectivity index (χ3n) is 8.16. The van der Waals surface area contributed by atoms with Gasteiger partial charge in [-0.25, -0.2) is 4.79 Å². The molecule has 3 aromatic carbocycles. The minimum Gasteiger partial charge on any atom is -0.478 e. The number of carbonyl (C=O) groups excluding carboxylic acids is 4. The predicted molar refractivity (Wildman–Crippen MR) is 194 cm³/mol. The average Bonchev–Trinajstić information content (AvgIpc) is 3.10. The molecule has 4 amide bonds. The Morgan fingerprint density at radius 3 is 2.08 bits per heavy atom. The summed E-state index contributed by atoms with van der Waals surface area (Å²) >= 11 is 4.30. The first-order chi connectivity index (χ1) is 23.5. The van der Waals surface area contributed by atoms with Gasteiger partial charge in [0.1, 0.15) is 6.04 Å². The summed E-state index contributed by atoms with van der Waals surface area (Å²) in [6.07, 6.45) is 2.35. The summed E-state index contributed by atoms with van der Waals surface area (Å²) in [5.74, 6) is -2.34. The number of carboxylic acid groups (broad SMARTS) is 1. The quantitative estimate of drug-likeness (QED) is 0.0910. The van der Waals surface area contributed by atoms with Crippen molar-refractivity contribution in [2.75, 3.05) is 25.4 Å². The molecule has 0 heterocycles. The highest BCUT2D eigenvalue weighted by atomic mass is 32.1. The summed E-state index contributed by atoms with van der Waals surface area (Å²) in [6, 6.07) is 23.0. The van der Waals surface area contributed by atoms with Gasteiger partial charge in [-0.1, -0.05) is 100.0 Å². The number of thiol groups is 1. The SMILES string of the molecule is CCCCC(=O)N(Cc1ccc(-c2ccccc2C(=O)O)cc1)C(C(=O)NCCNC(=O)CNC(=O)[C@@H](CS)Cc1ccccc1)C(C)C. The normalized spacial score (nSPS) is 12.1. The zero-order valence-corrected chi connectivity index (χ0v) is 29.4. The molecule has 0 saturated heterocycles. The topological polar surface area (TPSA) is 145 Å². The maximum atomic E-state index is 13.5. The number of nitrogens with one attached hydrogen (secondary N) is 3. The zero-order chi connectivity index (χ0) is 35.8. The molecule has 0 aliphatic carbocycles. The van der Waals surface area contributed by atoms with Crippen LogP contribution in [0.4, 0.5) is 0 Å². The van der Waals surface area contributed by atoms with Crippen molar-refractivity contribution in [2.24, 2.45) is 11.8 Å². The van der Waals surface area contributed by atoms with Crippen molar-refractivity contribution in [1.82, 2.24) is 20.9 Å². The summed E-state index contributed by atoms with van der Waals surface area (Å²) < 4.78 is 0. The molecule has 11 heteroatoms. The van der Waals surface area contributed by atoms with Crippen LogP contribution >= 0.6 is 12.6 Å². The fraction of sp³-hybridized carbons (Fsp3) is 0.395. The number of hydrogen-bond acceptors (Lipinski definition) is 6. The summed E-state index contributed by atoms with van der Waals surface area (Å²) in [6.45, 7) is 6.07. The van der Waals surface area contributed by atoms with E-state index in [2.05, 4.69) is 28.6 Å². The van der Waals surface area contributed by atoms with Gasteiger partial charge in [-0.15, -0.1) is 0 Å². The molecule has 0 aromatic heterocycles. The van der Waals surface area contributed by atoms with Crippen molar-refractivity contribution >= 4 is 42.2 Å². The van der Waals surface area contributed by atoms with Gasteiger partial charge in [-0.05, 0) is 47.1 Å². The lowest BCUT2D eigenvalue weighted by Crippen LogP contribution is -2.53. The van der Waals surface area contributed by atoms with E-state index in [0.717, 1.165) is 23.1 Å². The number of carboxylic acids is 1. The van der Waals surface area contributed by atoms with Crippen LogP contribution in [-0.2, 0) is 32.1 Å². The van der Waals surface area contributed by atoms with Crippen LogP contribution in [0.1, 0.15) is 61.5 Å². The van der Waals surface area contributed by atoms with Crippen LogP contribution < -0.4 is 16.0 Å². The van der Waals surface area contributed by atoms with Crippen LogP contribution in [0.2, 0.25) is 0 Å². The Morgan fingerprint density at radius 1 is 0.796 bits per heavy atom. The van der Waals surface area contributed by atoms with Crippen LogP contribution in [0.25, 0.3) is 11.1 Å². The molecular weight excluding hydrogens is 641 g/mol. The Balaban J connectivity index is 1.58. The molecule has 10 nitrogen and oxygen atoms in total. The van der Waals surface area contributed by atoms with E-state index in [0.29, 0.717) is 30.6 Å². The Morgan fingerprint density at radius 2 is 1.45 bits per heavy atom. The van der Waals surface area contributed by atoms with Crippen molar-refractivity contribution in [1.29, 1.82) is 0 Å². The van der Waals surface area contributed by atoms with E-state index in [1.807, 2.05) is 75.4 Å². The molecule has 0 saturated carbocycles. The van der Waals surface area contributed by atoms with Gasteiger partial charge >= 0.3 is 5.97 Å². The number of hydrogen-bond donors (Lipinski definition) is 5. The lowest BCUT2D eigenvalue weighted by Gasteiger charge is -2.34. The molecule has 3 rings (SSSR count). The Kier molecular flexibility index (Phi) is 15.8. The molecule has 0 radical (unpaired) electrons. The molecule has 0 fully saturated rings. The smallest absolute Gasteiger partial charge is 0.336 e. The monoisotopic (exact) mass is 688 g/mol. The summed E-state index contributed by atoms with van der Waals surface area (Å²) in [4.78, 5) is 65.4. The second-order valence-electron chi connectivity index (χ2n) is 12.3. The van der Waals surface area contributed by atoms with Crippen molar-refractivity contribution in [3.05, 3.63) is 95.6 Å². The minimum atomic E-state index is -1.01. The Bertz CT molecular complexity index is 1550. The van der Waals surface area contributed by atoms with Crippen molar-refractivity contribution in [3.63, 3.8) is 0 Å². The number of nitrogens with zero attached hydrogens (tertiary/aromatic N) is 1. The summed E-state index contributed by atoms with van der Waals surface area (Å²) in [5.41, 5.74) is 3.35. The van der Waals surface area contributed by atoms with E-state index in [-0.39, 0.29) is 67.2 Å². The molecule has 2 atom stereocenters.